The highest BCUT2D eigenvalue weighted by atomic mass is 16.7. The zero-order valence-corrected chi connectivity index (χ0v) is 19.6. The van der Waals surface area contributed by atoms with E-state index in [0.717, 1.165) is 17.5 Å². The van der Waals surface area contributed by atoms with Crippen molar-refractivity contribution in [2.24, 2.45) is 0 Å². The molecule has 0 fully saturated rings. The second kappa shape index (κ2) is 8.84. The molecule has 1 amide bonds. The lowest BCUT2D eigenvalue weighted by molar-refractivity contribution is 0.0951. The van der Waals surface area contributed by atoms with Crippen LogP contribution in [-0.2, 0) is 19.5 Å². The van der Waals surface area contributed by atoms with Gasteiger partial charge in [0, 0.05) is 12.1 Å². The lowest BCUT2D eigenvalue weighted by atomic mass is 10.1. The van der Waals surface area contributed by atoms with E-state index in [1.165, 1.54) is 5.56 Å². The van der Waals surface area contributed by atoms with Crippen LogP contribution in [0.15, 0.2) is 71.8 Å². The molecule has 6 rings (SSSR count). The van der Waals surface area contributed by atoms with Gasteiger partial charge in [-0.3, -0.25) is 18.6 Å². The molecule has 0 unspecified atom stereocenters. The number of carbonyl (C=O) groups is 1. The van der Waals surface area contributed by atoms with Crippen molar-refractivity contribution in [3.05, 3.63) is 99.6 Å². The van der Waals surface area contributed by atoms with Crippen LogP contribution < -0.4 is 20.3 Å². The van der Waals surface area contributed by atoms with Crippen molar-refractivity contribution in [3.8, 4) is 11.5 Å². The highest BCUT2D eigenvalue weighted by Crippen LogP contribution is 2.32. The normalized spacial score (nSPS) is 12.4. The summed E-state index contributed by atoms with van der Waals surface area (Å²) >= 11 is 0. The minimum Gasteiger partial charge on any atom is -0.454 e. The first-order chi connectivity index (χ1) is 17.6. The third-order valence-electron chi connectivity index (χ3n) is 6.43. The summed E-state index contributed by atoms with van der Waals surface area (Å²) in [6.07, 6.45) is 2.53. The highest BCUT2D eigenvalue weighted by molar-refractivity contribution is 5.98. The largest absolute Gasteiger partial charge is 0.454 e. The molecule has 1 N–H and O–H groups in total. The average Bonchev–Trinajstić information content (AvgIpc) is 3.59. The minimum absolute atomic E-state index is 0.198. The highest BCUT2D eigenvalue weighted by Gasteiger charge is 2.17. The minimum atomic E-state index is -0.278. The van der Waals surface area contributed by atoms with Crippen LogP contribution in [0, 0.1) is 0 Å². The van der Waals surface area contributed by atoms with Gasteiger partial charge in [0.15, 0.2) is 11.5 Å². The number of nitrogens with zero attached hydrogens (tertiary/aromatic N) is 4. The van der Waals surface area contributed by atoms with Crippen LogP contribution in [0.1, 0.15) is 34.0 Å². The Bertz CT molecular complexity index is 1670. The topological polar surface area (TPSA) is 99.8 Å². The summed E-state index contributed by atoms with van der Waals surface area (Å²) in [5.74, 6) is 1.53. The van der Waals surface area contributed by atoms with Crippen molar-refractivity contribution in [1.29, 1.82) is 0 Å². The smallest absolute Gasteiger partial charge is 0.263 e. The third kappa shape index (κ3) is 3.84. The molecule has 3 heterocycles. The van der Waals surface area contributed by atoms with Gasteiger partial charge in [0.25, 0.3) is 11.5 Å². The summed E-state index contributed by atoms with van der Waals surface area (Å²) in [5.41, 5.74) is 3.91. The molecular formula is C27H23N5O4. The average molecular weight is 482 g/mol. The summed E-state index contributed by atoms with van der Waals surface area (Å²) < 4.78 is 14.1. The Balaban J connectivity index is 1.31. The van der Waals surface area contributed by atoms with Crippen LogP contribution in [0.2, 0.25) is 0 Å². The lowest BCUT2D eigenvalue weighted by Crippen LogP contribution is -2.25. The Morgan fingerprint density at radius 3 is 2.58 bits per heavy atom. The summed E-state index contributed by atoms with van der Waals surface area (Å²) in [6.45, 7) is 2.96. The zero-order chi connectivity index (χ0) is 24.6. The van der Waals surface area contributed by atoms with Crippen LogP contribution in [0.3, 0.4) is 0 Å². The predicted molar refractivity (Wildman–Crippen MR) is 133 cm³/mol. The number of aryl methyl sites for hydroxylation is 1. The number of fused-ring (bicyclic) bond motifs is 4. The second-order valence-corrected chi connectivity index (χ2v) is 8.66. The lowest BCUT2D eigenvalue weighted by Gasteiger charge is -2.12. The summed E-state index contributed by atoms with van der Waals surface area (Å²) in [6, 6.07) is 18.8. The molecule has 3 aromatic carbocycles. The maximum Gasteiger partial charge on any atom is 0.263 e. The monoisotopic (exact) mass is 481 g/mol. The van der Waals surface area contributed by atoms with E-state index in [1.54, 1.807) is 33.5 Å². The van der Waals surface area contributed by atoms with Crippen molar-refractivity contribution in [3.63, 3.8) is 0 Å². The number of hydrogen-bond donors (Lipinski definition) is 1. The number of ether oxygens (including phenoxy) is 2. The molecule has 9 nitrogen and oxygen atoms in total. The number of benzene rings is 3. The summed E-state index contributed by atoms with van der Waals surface area (Å²) in [4.78, 5) is 26.5. The van der Waals surface area contributed by atoms with E-state index in [0.29, 0.717) is 46.8 Å². The first-order valence-electron chi connectivity index (χ1n) is 11.7. The molecule has 0 atom stereocenters. The molecule has 0 radical (unpaired) electrons. The molecule has 1 aliphatic heterocycles. The van der Waals surface area contributed by atoms with Crippen molar-refractivity contribution in [2.45, 2.75) is 26.4 Å². The molecule has 5 aromatic rings. The van der Waals surface area contributed by atoms with E-state index in [-0.39, 0.29) is 18.3 Å². The van der Waals surface area contributed by atoms with Gasteiger partial charge in [-0.1, -0.05) is 37.3 Å². The quantitative estimate of drug-likeness (QED) is 0.400. The Kier molecular flexibility index (Phi) is 5.37. The van der Waals surface area contributed by atoms with Crippen molar-refractivity contribution >= 4 is 22.6 Å². The van der Waals surface area contributed by atoms with Gasteiger partial charge in [-0.05, 0) is 53.4 Å². The van der Waals surface area contributed by atoms with E-state index in [2.05, 4.69) is 34.6 Å². The Hall–Kier alpha value is -4.66. The van der Waals surface area contributed by atoms with Crippen LogP contribution in [0.4, 0.5) is 0 Å². The fourth-order valence-electron chi connectivity index (χ4n) is 4.42. The third-order valence-corrected chi connectivity index (χ3v) is 6.43. The molecule has 0 bridgehead atoms. The molecule has 0 saturated heterocycles. The van der Waals surface area contributed by atoms with Crippen LogP contribution in [-0.4, -0.2) is 31.9 Å². The maximum atomic E-state index is 13.6. The van der Waals surface area contributed by atoms with E-state index in [4.69, 9.17) is 9.47 Å². The molecule has 1 aliphatic rings. The first-order valence-corrected chi connectivity index (χ1v) is 11.7. The predicted octanol–water partition coefficient (Wildman–Crippen LogP) is 3.31. The molecule has 0 spiro atoms. The van der Waals surface area contributed by atoms with Crippen LogP contribution in [0.5, 0.6) is 11.5 Å². The number of carbonyl (C=O) groups excluding carboxylic acids is 1. The number of hydrogen-bond acceptors (Lipinski definition) is 6. The number of amides is 1. The number of rotatable bonds is 6. The van der Waals surface area contributed by atoms with Crippen LogP contribution >= 0.6 is 0 Å². The van der Waals surface area contributed by atoms with E-state index in [9.17, 15) is 9.59 Å². The number of nitrogens with one attached hydrogen (secondary N) is 1. The standard InChI is InChI=1S/C27H23N5O4/c1-2-17-3-5-18(6-4-17)14-31-26(34)21-12-20(8-9-22(21)32-15-29-30-27(31)32)25(33)28-13-19-7-10-23-24(11-19)36-16-35-23/h3-12,15H,2,13-14,16H2,1H3,(H,28,33). The van der Waals surface area contributed by atoms with Gasteiger partial charge in [0.05, 0.1) is 17.4 Å². The fourth-order valence-corrected chi connectivity index (χ4v) is 4.42. The van der Waals surface area contributed by atoms with Gasteiger partial charge in [0.1, 0.15) is 6.33 Å². The van der Waals surface area contributed by atoms with Gasteiger partial charge in [-0.15, -0.1) is 10.2 Å². The fraction of sp³-hybridized carbons (Fsp3) is 0.185. The maximum absolute atomic E-state index is 13.6. The Morgan fingerprint density at radius 1 is 0.972 bits per heavy atom. The SMILES string of the molecule is CCc1ccc(Cn2c(=O)c3cc(C(=O)NCc4ccc5c(c4)OCO5)ccc3n3cnnc23)cc1. The number of aromatic nitrogens is 4. The molecule has 180 valence electrons. The zero-order valence-electron chi connectivity index (χ0n) is 19.6. The molecule has 0 aliphatic carbocycles. The van der Waals surface area contributed by atoms with Crippen molar-refractivity contribution in [1.82, 2.24) is 24.5 Å². The Morgan fingerprint density at radius 2 is 1.75 bits per heavy atom. The molecule has 2 aromatic heterocycles. The molecular weight excluding hydrogens is 458 g/mol. The van der Waals surface area contributed by atoms with Gasteiger partial charge < -0.3 is 14.8 Å². The van der Waals surface area contributed by atoms with Gasteiger partial charge in [0.2, 0.25) is 12.6 Å². The van der Waals surface area contributed by atoms with Crippen molar-refractivity contribution in [2.75, 3.05) is 6.79 Å². The molecule has 36 heavy (non-hydrogen) atoms. The summed E-state index contributed by atoms with van der Waals surface area (Å²) in [7, 11) is 0. The summed E-state index contributed by atoms with van der Waals surface area (Å²) in [5, 5.41) is 11.5. The molecule has 0 saturated carbocycles. The van der Waals surface area contributed by atoms with Gasteiger partial charge >= 0.3 is 0 Å². The second-order valence-electron chi connectivity index (χ2n) is 8.66. The van der Waals surface area contributed by atoms with E-state index >= 15 is 0 Å². The van der Waals surface area contributed by atoms with Crippen molar-refractivity contribution < 1.29 is 14.3 Å². The van der Waals surface area contributed by atoms with Gasteiger partial charge in [-0.25, -0.2) is 0 Å². The first kappa shape index (κ1) is 21.8. The van der Waals surface area contributed by atoms with E-state index < -0.39 is 0 Å². The molecule has 9 heteroatoms. The van der Waals surface area contributed by atoms with Gasteiger partial charge in [-0.2, -0.15) is 0 Å². The van der Waals surface area contributed by atoms with Crippen LogP contribution in [0.25, 0.3) is 16.7 Å². The van der Waals surface area contributed by atoms with E-state index in [1.807, 2.05) is 30.3 Å². The Labute approximate surface area is 205 Å².